The molecule has 0 aliphatic heterocycles. The van der Waals surface area contributed by atoms with Crippen LogP contribution in [0.3, 0.4) is 0 Å². The Labute approximate surface area is 235 Å². The molecule has 0 radical (unpaired) electrons. The molecule has 206 valence electrons. The first kappa shape index (κ1) is 28.4. The summed E-state index contributed by atoms with van der Waals surface area (Å²) in [6.45, 7) is 7.03. The topological polar surface area (TPSA) is 101 Å². The highest BCUT2D eigenvalue weighted by Gasteiger charge is 2.15. The van der Waals surface area contributed by atoms with Gasteiger partial charge in [0.05, 0.1) is 12.5 Å². The largest absolute Gasteiger partial charge is 0.481 e. The van der Waals surface area contributed by atoms with Gasteiger partial charge in [-0.1, -0.05) is 75.4 Å². The number of pyridine rings is 1. The number of carboxylic acid groups (broad SMARTS) is 1. The summed E-state index contributed by atoms with van der Waals surface area (Å²) in [5.74, 6) is -0.729. The van der Waals surface area contributed by atoms with Crippen molar-refractivity contribution in [1.29, 1.82) is 0 Å². The molecule has 40 heavy (non-hydrogen) atoms. The van der Waals surface area contributed by atoms with E-state index < -0.39 is 5.97 Å². The van der Waals surface area contributed by atoms with Gasteiger partial charge in [0.15, 0.2) is 0 Å². The van der Waals surface area contributed by atoms with Gasteiger partial charge in [-0.15, -0.1) is 0 Å². The van der Waals surface area contributed by atoms with E-state index in [1.54, 1.807) is 12.1 Å². The molecule has 4 rings (SSSR count). The van der Waals surface area contributed by atoms with Crippen LogP contribution in [0.2, 0.25) is 0 Å². The lowest BCUT2D eigenvalue weighted by atomic mass is 9.86. The maximum absolute atomic E-state index is 12.3. The molecule has 0 saturated heterocycles. The number of hydrogen-bond acceptors (Lipinski definition) is 5. The fraction of sp³-hybridized carbons (Fsp3) is 0.242. The van der Waals surface area contributed by atoms with Crippen LogP contribution in [0.1, 0.15) is 54.7 Å². The zero-order valence-corrected chi connectivity index (χ0v) is 23.1. The van der Waals surface area contributed by atoms with Gasteiger partial charge in [0.2, 0.25) is 5.88 Å². The normalized spacial score (nSPS) is 11.9. The highest BCUT2D eigenvalue weighted by molar-refractivity contribution is 5.94. The minimum Gasteiger partial charge on any atom is -0.481 e. The number of nitrogens with zero attached hydrogens (tertiary/aromatic N) is 1. The summed E-state index contributed by atoms with van der Waals surface area (Å²) >= 11 is 0. The molecule has 1 aromatic heterocycles. The number of ether oxygens (including phenoxy) is 1. The number of hydrogen-bond donors (Lipinski definition) is 3. The van der Waals surface area contributed by atoms with Gasteiger partial charge >= 0.3 is 5.97 Å². The maximum atomic E-state index is 12.3. The van der Waals surface area contributed by atoms with Crippen molar-refractivity contribution in [2.45, 2.75) is 38.6 Å². The number of anilines is 1. The number of carbonyl (C=O) groups excluding carboxylic acids is 1. The van der Waals surface area contributed by atoms with Gasteiger partial charge in [-0.25, -0.2) is 4.98 Å². The number of aromatic nitrogens is 1. The first-order chi connectivity index (χ1) is 19.2. The van der Waals surface area contributed by atoms with Gasteiger partial charge in [-0.2, -0.15) is 0 Å². The molecular formula is C33H35N3O4. The van der Waals surface area contributed by atoms with Crippen LogP contribution in [-0.4, -0.2) is 35.1 Å². The van der Waals surface area contributed by atoms with Crippen molar-refractivity contribution >= 4 is 17.6 Å². The highest BCUT2D eigenvalue weighted by atomic mass is 16.5. The summed E-state index contributed by atoms with van der Waals surface area (Å²) in [5.41, 5.74) is 5.86. The Kier molecular flexibility index (Phi) is 9.17. The quantitative estimate of drug-likeness (QED) is 0.202. The summed E-state index contributed by atoms with van der Waals surface area (Å²) in [6, 6.07) is 29.3. The molecule has 3 N–H and O–H groups in total. The van der Waals surface area contributed by atoms with Crippen LogP contribution in [0.4, 0.5) is 5.69 Å². The molecule has 0 bridgehead atoms. The number of benzene rings is 3. The average Bonchev–Trinajstić information content (AvgIpc) is 2.95. The van der Waals surface area contributed by atoms with Crippen LogP contribution in [0.25, 0.3) is 11.1 Å². The lowest BCUT2D eigenvalue weighted by Crippen LogP contribution is -2.26. The second-order valence-corrected chi connectivity index (χ2v) is 10.6. The molecule has 1 amide bonds. The van der Waals surface area contributed by atoms with Gasteiger partial charge in [0, 0.05) is 35.6 Å². The second kappa shape index (κ2) is 12.9. The maximum Gasteiger partial charge on any atom is 0.305 e. The van der Waals surface area contributed by atoms with E-state index in [-0.39, 0.29) is 30.3 Å². The zero-order chi connectivity index (χ0) is 28.5. The lowest BCUT2D eigenvalue weighted by Gasteiger charge is -2.21. The van der Waals surface area contributed by atoms with Gasteiger partial charge in [-0.05, 0) is 52.4 Å². The van der Waals surface area contributed by atoms with E-state index in [1.807, 2.05) is 60.8 Å². The molecule has 4 aromatic rings. The SMILES string of the molecule is CC(C)(C)c1ccc(-c2ccc(OC[C@@H](Nc3ccc(C(=O)NCCC(=O)O)cc3)c3ccccc3)nc2)cc1. The molecule has 0 fully saturated rings. The average molecular weight is 538 g/mol. The van der Waals surface area contributed by atoms with E-state index in [9.17, 15) is 9.59 Å². The van der Waals surface area contributed by atoms with Crippen molar-refractivity contribution in [3.8, 4) is 17.0 Å². The third-order valence-electron chi connectivity index (χ3n) is 6.53. The van der Waals surface area contributed by atoms with Crippen LogP contribution >= 0.6 is 0 Å². The predicted molar refractivity (Wildman–Crippen MR) is 158 cm³/mol. The molecule has 0 saturated carbocycles. The Morgan fingerprint density at radius 3 is 2.15 bits per heavy atom. The fourth-order valence-corrected chi connectivity index (χ4v) is 4.18. The summed E-state index contributed by atoms with van der Waals surface area (Å²) in [4.78, 5) is 27.5. The Morgan fingerprint density at radius 2 is 1.55 bits per heavy atom. The Balaban J connectivity index is 1.40. The van der Waals surface area contributed by atoms with E-state index in [2.05, 4.69) is 60.7 Å². The summed E-state index contributed by atoms with van der Waals surface area (Å²) in [7, 11) is 0. The molecule has 0 aliphatic rings. The van der Waals surface area contributed by atoms with E-state index in [0.717, 1.165) is 22.4 Å². The molecule has 0 aliphatic carbocycles. The summed E-state index contributed by atoms with van der Waals surface area (Å²) in [6.07, 6.45) is 1.71. The van der Waals surface area contributed by atoms with E-state index >= 15 is 0 Å². The Hall–Kier alpha value is -4.65. The Morgan fingerprint density at radius 1 is 0.875 bits per heavy atom. The van der Waals surface area contributed by atoms with Crippen LogP contribution in [0.5, 0.6) is 5.88 Å². The molecule has 7 nitrogen and oxygen atoms in total. The number of nitrogens with one attached hydrogen (secondary N) is 2. The summed E-state index contributed by atoms with van der Waals surface area (Å²) in [5, 5.41) is 14.8. The molecule has 3 aromatic carbocycles. The van der Waals surface area contributed by atoms with Gasteiger partial charge in [0.25, 0.3) is 5.91 Å². The highest BCUT2D eigenvalue weighted by Crippen LogP contribution is 2.27. The molecule has 0 unspecified atom stereocenters. The van der Waals surface area contributed by atoms with Crippen molar-refractivity contribution in [3.63, 3.8) is 0 Å². The molecular weight excluding hydrogens is 502 g/mol. The number of aliphatic carboxylic acids is 1. The van der Waals surface area contributed by atoms with Crippen LogP contribution in [0.15, 0.2) is 97.2 Å². The monoisotopic (exact) mass is 537 g/mol. The minimum atomic E-state index is -0.953. The van der Waals surface area contributed by atoms with E-state index in [4.69, 9.17) is 9.84 Å². The number of carboxylic acids is 1. The van der Waals surface area contributed by atoms with Crippen LogP contribution in [-0.2, 0) is 10.2 Å². The third kappa shape index (κ3) is 7.93. The minimum absolute atomic E-state index is 0.0834. The van der Waals surface area contributed by atoms with Crippen LogP contribution < -0.4 is 15.4 Å². The van der Waals surface area contributed by atoms with E-state index in [0.29, 0.717) is 18.1 Å². The second-order valence-electron chi connectivity index (χ2n) is 10.6. The molecule has 1 atom stereocenters. The fourth-order valence-electron chi connectivity index (χ4n) is 4.18. The van der Waals surface area contributed by atoms with Gasteiger partial charge < -0.3 is 20.5 Å². The number of rotatable bonds is 11. The van der Waals surface area contributed by atoms with E-state index in [1.165, 1.54) is 5.56 Å². The van der Waals surface area contributed by atoms with Crippen molar-refractivity contribution in [2.75, 3.05) is 18.5 Å². The smallest absolute Gasteiger partial charge is 0.305 e. The number of carbonyl (C=O) groups is 2. The van der Waals surface area contributed by atoms with Crippen molar-refractivity contribution in [2.24, 2.45) is 0 Å². The predicted octanol–water partition coefficient (Wildman–Crippen LogP) is 6.48. The van der Waals surface area contributed by atoms with Crippen molar-refractivity contribution in [1.82, 2.24) is 10.3 Å². The standard InChI is InChI=1S/C33H35N3O4/c1-33(2,3)27-14-9-23(10-15-27)26-13-18-30(35-21-26)40-22-29(24-7-5-4-6-8-24)36-28-16-11-25(12-17-28)32(39)34-20-19-31(37)38/h4-18,21,29,36H,19-20,22H2,1-3H3,(H,34,39)(H,37,38)/t29-/m1/s1. The van der Waals surface area contributed by atoms with Gasteiger partial charge in [-0.3, -0.25) is 9.59 Å². The van der Waals surface area contributed by atoms with Crippen molar-refractivity contribution in [3.05, 3.63) is 114 Å². The molecule has 7 heteroatoms. The molecule has 1 heterocycles. The molecule has 0 spiro atoms. The third-order valence-corrected chi connectivity index (χ3v) is 6.53. The number of amides is 1. The van der Waals surface area contributed by atoms with Crippen molar-refractivity contribution < 1.29 is 19.4 Å². The van der Waals surface area contributed by atoms with Gasteiger partial charge in [0.1, 0.15) is 6.61 Å². The van der Waals surface area contributed by atoms with Crippen LogP contribution in [0, 0.1) is 0 Å². The zero-order valence-electron chi connectivity index (χ0n) is 23.1. The Bertz CT molecular complexity index is 1400. The summed E-state index contributed by atoms with van der Waals surface area (Å²) < 4.78 is 6.09. The first-order valence-corrected chi connectivity index (χ1v) is 13.3. The lowest BCUT2D eigenvalue weighted by molar-refractivity contribution is -0.136. The first-order valence-electron chi connectivity index (χ1n) is 13.3.